The number of piperazine rings is 1. The molecular formula is C24H34N6O5S. The molecule has 0 radical (unpaired) electrons. The number of aryl methyl sites for hydroxylation is 2. The van der Waals surface area contributed by atoms with Gasteiger partial charge in [-0.3, -0.25) is 13.9 Å². The van der Waals surface area contributed by atoms with Crippen molar-refractivity contribution in [1.29, 1.82) is 0 Å². The van der Waals surface area contributed by atoms with E-state index in [-0.39, 0.29) is 17.0 Å². The molecule has 0 amide bonds. The minimum Gasteiger partial charge on any atom is -0.497 e. The van der Waals surface area contributed by atoms with E-state index in [0.717, 1.165) is 39.3 Å². The number of benzene rings is 1. The van der Waals surface area contributed by atoms with E-state index in [4.69, 9.17) is 4.74 Å². The van der Waals surface area contributed by atoms with Crippen LogP contribution in [0.2, 0.25) is 0 Å². The van der Waals surface area contributed by atoms with E-state index in [9.17, 15) is 18.0 Å². The number of methoxy groups -OCH3 is 1. The van der Waals surface area contributed by atoms with Crippen LogP contribution in [-0.2, 0) is 30.5 Å². The molecular weight excluding hydrogens is 484 g/mol. The summed E-state index contributed by atoms with van der Waals surface area (Å²) in [5.41, 5.74) is 0.180. The number of sulfone groups is 1. The lowest BCUT2D eigenvalue weighted by Gasteiger charge is -2.34. The Bertz CT molecular complexity index is 1420. The highest BCUT2D eigenvalue weighted by molar-refractivity contribution is 7.91. The number of imidazole rings is 1. The predicted octanol–water partition coefficient (Wildman–Crippen LogP) is 0.314. The normalized spacial score (nSPS) is 15.5. The van der Waals surface area contributed by atoms with Crippen LogP contribution in [0.25, 0.3) is 11.2 Å². The van der Waals surface area contributed by atoms with Gasteiger partial charge in [-0.1, -0.05) is 0 Å². The predicted molar refractivity (Wildman–Crippen MR) is 137 cm³/mol. The van der Waals surface area contributed by atoms with E-state index in [1.165, 1.54) is 9.13 Å². The lowest BCUT2D eigenvalue weighted by atomic mass is 10.2. The number of nitrogens with zero attached hydrogens (tertiary/aromatic N) is 6. The van der Waals surface area contributed by atoms with Crippen molar-refractivity contribution in [2.45, 2.75) is 24.3 Å². The monoisotopic (exact) mass is 518 g/mol. The minimum absolute atomic E-state index is 0.115. The smallest absolute Gasteiger partial charge is 0.332 e. The Morgan fingerprint density at radius 2 is 1.53 bits per heavy atom. The van der Waals surface area contributed by atoms with Gasteiger partial charge in [0.05, 0.1) is 24.1 Å². The first kappa shape index (κ1) is 26.1. The zero-order valence-corrected chi connectivity index (χ0v) is 21.9. The van der Waals surface area contributed by atoms with E-state index in [1.807, 2.05) is 0 Å². The fourth-order valence-corrected chi connectivity index (χ4v) is 5.96. The van der Waals surface area contributed by atoms with Gasteiger partial charge in [0.15, 0.2) is 21.0 Å². The first-order valence-corrected chi connectivity index (χ1v) is 13.8. The summed E-state index contributed by atoms with van der Waals surface area (Å²) >= 11 is 0. The number of ether oxygens (including phenoxy) is 1. The Balaban J connectivity index is 1.22. The number of hydrogen-bond acceptors (Lipinski definition) is 8. The van der Waals surface area contributed by atoms with E-state index < -0.39 is 9.84 Å². The van der Waals surface area contributed by atoms with Crippen molar-refractivity contribution in [3.63, 3.8) is 0 Å². The van der Waals surface area contributed by atoms with Crippen LogP contribution in [-0.4, -0.2) is 89.0 Å². The van der Waals surface area contributed by atoms with Crippen LogP contribution < -0.4 is 16.0 Å². The molecule has 0 N–H and O–H groups in total. The molecule has 1 saturated heterocycles. The van der Waals surface area contributed by atoms with Gasteiger partial charge < -0.3 is 19.1 Å². The molecule has 1 aliphatic rings. The van der Waals surface area contributed by atoms with Crippen molar-refractivity contribution in [3.8, 4) is 5.75 Å². The number of hydrogen-bond donors (Lipinski definition) is 0. The molecule has 0 atom stereocenters. The third-order valence-corrected chi connectivity index (χ3v) is 8.64. The third kappa shape index (κ3) is 5.55. The second kappa shape index (κ2) is 11.0. The zero-order chi connectivity index (χ0) is 25.9. The fraction of sp³-hybridized carbons (Fsp3) is 0.542. The van der Waals surface area contributed by atoms with E-state index in [0.29, 0.717) is 41.2 Å². The summed E-state index contributed by atoms with van der Waals surface area (Å²) in [5, 5.41) is 0. The standard InChI is InChI=1S/C24H34N6O5S/c1-26-18-25-22-21(26)23(31)30(24(32)27(22)2)12-4-10-28-13-15-29(16-14-28)11-5-17-36(33,34)20-8-6-19(35-3)7-9-20/h6-9,18H,4-5,10-17H2,1-3H3. The molecule has 0 aliphatic carbocycles. The molecule has 3 aromatic rings. The number of fused-ring (bicyclic) bond motifs is 1. The lowest BCUT2D eigenvalue weighted by Crippen LogP contribution is -2.47. The first-order valence-electron chi connectivity index (χ1n) is 12.1. The zero-order valence-electron chi connectivity index (χ0n) is 21.1. The molecule has 1 fully saturated rings. The fourth-order valence-electron chi connectivity index (χ4n) is 4.66. The van der Waals surface area contributed by atoms with Gasteiger partial charge in [0.2, 0.25) is 0 Å². The van der Waals surface area contributed by atoms with Crippen LogP contribution in [0.5, 0.6) is 5.75 Å². The van der Waals surface area contributed by atoms with Crippen molar-refractivity contribution in [1.82, 2.24) is 28.5 Å². The molecule has 0 spiro atoms. The van der Waals surface area contributed by atoms with Crippen LogP contribution in [0.4, 0.5) is 0 Å². The average molecular weight is 519 g/mol. The molecule has 3 heterocycles. The summed E-state index contributed by atoms with van der Waals surface area (Å²) in [6.45, 7) is 5.36. The number of rotatable bonds is 10. The third-order valence-electron chi connectivity index (χ3n) is 6.83. The Morgan fingerprint density at radius 1 is 0.917 bits per heavy atom. The number of aromatic nitrogens is 4. The van der Waals surface area contributed by atoms with Crippen molar-refractivity contribution in [2.75, 3.05) is 52.1 Å². The van der Waals surface area contributed by atoms with Gasteiger partial charge >= 0.3 is 5.69 Å². The van der Waals surface area contributed by atoms with Crippen molar-refractivity contribution in [3.05, 3.63) is 51.4 Å². The average Bonchev–Trinajstić information content (AvgIpc) is 3.27. The van der Waals surface area contributed by atoms with Gasteiger partial charge in [-0.2, -0.15) is 0 Å². The highest BCUT2D eigenvalue weighted by Crippen LogP contribution is 2.17. The lowest BCUT2D eigenvalue weighted by molar-refractivity contribution is 0.130. The van der Waals surface area contributed by atoms with Crippen molar-refractivity contribution < 1.29 is 13.2 Å². The highest BCUT2D eigenvalue weighted by Gasteiger charge is 2.20. The van der Waals surface area contributed by atoms with Crippen LogP contribution in [0.1, 0.15) is 12.8 Å². The van der Waals surface area contributed by atoms with Crippen LogP contribution in [0, 0.1) is 0 Å². The van der Waals surface area contributed by atoms with Crippen molar-refractivity contribution >= 4 is 21.0 Å². The molecule has 12 heteroatoms. The van der Waals surface area contributed by atoms with E-state index in [1.54, 1.807) is 56.4 Å². The second-order valence-corrected chi connectivity index (χ2v) is 11.3. The molecule has 0 saturated carbocycles. The van der Waals surface area contributed by atoms with Gasteiger partial charge in [-0.15, -0.1) is 0 Å². The molecule has 196 valence electrons. The van der Waals surface area contributed by atoms with E-state index >= 15 is 0 Å². The van der Waals surface area contributed by atoms with Crippen LogP contribution >= 0.6 is 0 Å². The maximum absolute atomic E-state index is 12.8. The largest absolute Gasteiger partial charge is 0.497 e. The summed E-state index contributed by atoms with van der Waals surface area (Å²) in [7, 11) is 1.62. The maximum atomic E-state index is 12.8. The summed E-state index contributed by atoms with van der Waals surface area (Å²) in [6, 6.07) is 6.51. The van der Waals surface area contributed by atoms with Crippen LogP contribution in [0.15, 0.2) is 45.1 Å². The molecule has 36 heavy (non-hydrogen) atoms. The van der Waals surface area contributed by atoms with Crippen molar-refractivity contribution in [2.24, 2.45) is 14.1 Å². The van der Waals surface area contributed by atoms with Gasteiger partial charge in [0.25, 0.3) is 5.56 Å². The molecule has 11 nitrogen and oxygen atoms in total. The summed E-state index contributed by atoms with van der Waals surface area (Å²) in [6.07, 6.45) is 2.82. The Morgan fingerprint density at radius 3 is 2.14 bits per heavy atom. The molecule has 2 aromatic heterocycles. The summed E-state index contributed by atoms with van der Waals surface area (Å²) in [5.74, 6) is 0.750. The first-order chi connectivity index (χ1) is 17.2. The van der Waals surface area contributed by atoms with Gasteiger partial charge in [0.1, 0.15) is 5.75 Å². The molecule has 0 unspecified atom stereocenters. The van der Waals surface area contributed by atoms with Crippen LogP contribution in [0.3, 0.4) is 0 Å². The Hall–Kier alpha value is -2.96. The summed E-state index contributed by atoms with van der Waals surface area (Å²) in [4.78, 5) is 34.5. The van der Waals surface area contributed by atoms with Gasteiger partial charge in [-0.05, 0) is 50.2 Å². The second-order valence-electron chi connectivity index (χ2n) is 9.21. The maximum Gasteiger partial charge on any atom is 0.332 e. The molecule has 1 aromatic carbocycles. The van der Waals surface area contributed by atoms with Gasteiger partial charge in [0, 0.05) is 46.8 Å². The summed E-state index contributed by atoms with van der Waals surface area (Å²) < 4.78 is 34.6. The minimum atomic E-state index is -3.31. The quantitative estimate of drug-likeness (QED) is 0.377. The van der Waals surface area contributed by atoms with E-state index in [2.05, 4.69) is 14.8 Å². The highest BCUT2D eigenvalue weighted by atomic mass is 32.2. The topological polar surface area (TPSA) is 112 Å². The Labute approximate surface area is 210 Å². The van der Waals surface area contributed by atoms with Gasteiger partial charge in [-0.25, -0.2) is 18.2 Å². The Kier molecular flexibility index (Phi) is 7.96. The molecule has 0 bridgehead atoms. The molecule has 1 aliphatic heterocycles. The SMILES string of the molecule is COc1ccc(S(=O)(=O)CCCN2CCN(CCCn3c(=O)c4c(ncn4C)n(C)c3=O)CC2)cc1. The molecule has 4 rings (SSSR count).